The van der Waals surface area contributed by atoms with E-state index in [9.17, 15) is 4.79 Å². The van der Waals surface area contributed by atoms with Crippen molar-refractivity contribution in [1.29, 1.82) is 0 Å². The van der Waals surface area contributed by atoms with Gasteiger partial charge in [-0.05, 0) is 37.8 Å². The summed E-state index contributed by atoms with van der Waals surface area (Å²) in [7, 11) is 0. The number of nitrogens with zero attached hydrogens (tertiary/aromatic N) is 2. The summed E-state index contributed by atoms with van der Waals surface area (Å²) >= 11 is 0. The Bertz CT molecular complexity index is 543. The van der Waals surface area contributed by atoms with E-state index in [2.05, 4.69) is 39.8 Å². The van der Waals surface area contributed by atoms with Crippen LogP contribution in [0.3, 0.4) is 0 Å². The largest absolute Gasteiger partial charge is 0.381 e. The number of ether oxygens (including phenoxy) is 1. The van der Waals surface area contributed by atoms with E-state index < -0.39 is 0 Å². The highest BCUT2D eigenvalue weighted by atomic mass is 16.5. The van der Waals surface area contributed by atoms with Gasteiger partial charge in [-0.25, -0.2) is 4.98 Å². The van der Waals surface area contributed by atoms with E-state index in [1.165, 1.54) is 0 Å². The Morgan fingerprint density at radius 2 is 2.12 bits per heavy atom. The molecule has 0 aliphatic heterocycles. The van der Waals surface area contributed by atoms with Gasteiger partial charge in [-0.15, -0.1) is 0 Å². The van der Waals surface area contributed by atoms with Crippen LogP contribution in [-0.2, 0) is 9.53 Å². The second kappa shape index (κ2) is 13.1. The van der Waals surface area contributed by atoms with Crippen molar-refractivity contribution in [2.75, 3.05) is 38.2 Å². The van der Waals surface area contributed by atoms with Gasteiger partial charge >= 0.3 is 0 Å². The molecule has 7 nitrogen and oxygen atoms in total. The fraction of sp³-hybridized carbons (Fsp3) is 0.632. The number of pyridine rings is 1. The Morgan fingerprint density at radius 1 is 1.31 bits per heavy atom. The fourth-order valence-electron chi connectivity index (χ4n) is 2.06. The van der Waals surface area contributed by atoms with E-state index in [1.807, 2.05) is 19.9 Å². The normalized spacial score (nSPS) is 11.5. The van der Waals surface area contributed by atoms with E-state index in [1.54, 1.807) is 12.3 Å². The van der Waals surface area contributed by atoms with Crippen LogP contribution in [0.15, 0.2) is 23.3 Å². The number of rotatable bonds is 11. The average molecular weight is 364 g/mol. The van der Waals surface area contributed by atoms with Crippen LogP contribution < -0.4 is 16.0 Å². The molecule has 26 heavy (non-hydrogen) atoms. The third-order valence-corrected chi connectivity index (χ3v) is 3.34. The highest BCUT2D eigenvalue weighted by Gasteiger charge is 2.04. The highest BCUT2D eigenvalue weighted by molar-refractivity contribution is 5.90. The molecular formula is C19H33N5O2. The Kier molecular flexibility index (Phi) is 11.0. The Labute approximate surface area is 157 Å². The third-order valence-electron chi connectivity index (χ3n) is 3.34. The van der Waals surface area contributed by atoms with Crippen molar-refractivity contribution in [3.05, 3.63) is 23.9 Å². The van der Waals surface area contributed by atoms with E-state index in [0.29, 0.717) is 37.9 Å². The first-order chi connectivity index (χ1) is 12.5. The van der Waals surface area contributed by atoms with E-state index in [4.69, 9.17) is 4.74 Å². The Morgan fingerprint density at radius 3 is 2.77 bits per heavy atom. The van der Waals surface area contributed by atoms with Gasteiger partial charge in [0.2, 0.25) is 5.91 Å². The van der Waals surface area contributed by atoms with E-state index in [0.717, 1.165) is 31.1 Å². The van der Waals surface area contributed by atoms with Crippen molar-refractivity contribution in [2.45, 2.75) is 40.5 Å². The van der Waals surface area contributed by atoms with Crippen LogP contribution in [0.5, 0.6) is 0 Å². The SMILES string of the molecule is CCNC(=NCCCOCC(C)C)NCCC(=O)Nc1ccc(C)cn1. The smallest absolute Gasteiger partial charge is 0.227 e. The fourth-order valence-corrected chi connectivity index (χ4v) is 2.06. The van der Waals surface area contributed by atoms with Crippen LogP contribution in [0.1, 0.15) is 39.2 Å². The van der Waals surface area contributed by atoms with Gasteiger partial charge in [-0.1, -0.05) is 19.9 Å². The second-order valence-electron chi connectivity index (χ2n) is 6.53. The standard InChI is InChI=1S/C19H33N5O2/c1-5-20-19(21-10-6-12-26-14-15(2)3)22-11-9-18(25)24-17-8-7-16(4)13-23-17/h7-8,13,15H,5-6,9-12,14H2,1-4H3,(H2,20,21,22)(H,23,24,25). The number of amides is 1. The summed E-state index contributed by atoms with van der Waals surface area (Å²) in [5.74, 6) is 1.77. The highest BCUT2D eigenvalue weighted by Crippen LogP contribution is 2.03. The molecule has 0 saturated carbocycles. The third kappa shape index (κ3) is 10.7. The molecule has 0 bridgehead atoms. The minimum absolute atomic E-state index is 0.0770. The lowest BCUT2D eigenvalue weighted by Crippen LogP contribution is -2.38. The average Bonchev–Trinajstić information content (AvgIpc) is 2.59. The van der Waals surface area contributed by atoms with Gasteiger partial charge in [0.1, 0.15) is 5.82 Å². The molecule has 0 spiro atoms. The second-order valence-corrected chi connectivity index (χ2v) is 6.53. The Hall–Kier alpha value is -2.15. The zero-order valence-corrected chi connectivity index (χ0v) is 16.5. The van der Waals surface area contributed by atoms with Gasteiger partial charge in [0.15, 0.2) is 5.96 Å². The number of carbonyl (C=O) groups is 1. The number of nitrogens with one attached hydrogen (secondary N) is 3. The molecule has 0 aromatic carbocycles. The number of anilines is 1. The number of hydrogen-bond acceptors (Lipinski definition) is 4. The predicted octanol–water partition coefficient (Wildman–Crippen LogP) is 2.34. The maximum Gasteiger partial charge on any atom is 0.227 e. The number of aromatic nitrogens is 1. The maximum atomic E-state index is 12.0. The summed E-state index contributed by atoms with van der Waals surface area (Å²) in [5, 5.41) is 9.13. The first-order valence-electron chi connectivity index (χ1n) is 9.33. The molecule has 0 fully saturated rings. The quantitative estimate of drug-likeness (QED) is 0.319. The lowest BCUT2D eigenvalue weighted by atomic mass is 10.2. The number of aryl methyl sites for hydroxylation is 1. The molecule has 1 heterocycles. The van der Waals surface area contributed by atoms with Gasteiger partial charge in [-0.2, -0.15) is 0 Å². The number of carbonyl (C=O) groups excluding carboxylic acids is 1. The molecule has 1 rings (SSSR count). The molecule has 0 aliphatic carbocycles. The van der Waals surface area contributed by atoms with Gasteiger partial charge < -0.3 is 20.7 Å². The minimum Gasteiger partial charge on any atom is -0.381 e. The number of hydrogen-bond donors (Lipinski definition) is 3. The molecule has 1 aromatic rings. The summed E-state index contributed by atoms with van der Waals surface area (Å²) in [5.41, 5.74) is 1.06. The molecule has 0 unspecified atom stereocenters. The van der Waals surface area contributed by atoms with Gasteiger partial charge in [0, 0.05) is 45.5 Å². The lowest BCUT2D eigenvalue weighted by Gasteiger charge is -2.11. The minimum atomic E-state index is -0.0770. The predicted molar refractivity (Wildman–Crippen MR) is 106 cm³/mol. The molecule has 7 heteroatoms. The Balaban J connectivity index is 2.25. The van der Waals surface area contributed by atoms with Crippen LogP contribution in [0, 0.1) is 12.8 Å². The summed E-state index contributed by atoms with van der Waals surface area (Å²) < 4.78 is 5.54. The molecule has 3 N–H and O–H groups in total. The number of guanidine groups is 1. The summed E-state index contributed by atoms with van der Waals surface area (Å²) in [6.07, 6.45) is 2.95. The van der Waals surface area contributed by atoms with Crippen molar-refractivity contribution in [3.8, 4) is 0 Å². The zero-order valence-electron chi connectivity index (χ0n) is 16.5. The van der Waals surface area contributed by atoms with Crippen molar-refractivity contribution in [1.82, 2.24) is 15.6 Å². The van der Waals surface area contributed by atoms with Crippen molar-refractivity contribution in [3.63, 3.8) is 0 Å². The monoisotopic (exact) mass is 363 g/mol. The first-order valence-corrected chi connectivity index (χ1v) is 9.33. The van der Waals surface area contributed by atoms with Crippen LogP contribution in [0.2, 0.25) is 0 Å². The molecule has 1 aromatic heterocycles. The van der Waals surface area contributed by atoms with Crippen molar-refractivity contribution in [2.24, 2.45) is 10.9 Å². The van der Waals surface area contributed by atoms with Crippen molar-refractivity contribution < 1.29 is 9.53 Å². The molecule has 0 radical (unpaired) electrons. The van der Waals surface area contributed by atoms with E-state index in [-0.39, 0.29) is 5.91 Å². The van der Waals surface area contributed by atoms with Crippen LogP contribution in [-0.4, -0.2) is 49.7 Å². The molecule has 0 atom stereocenters. The van der Waals surface area contributed by atoms with Crippen LogP contribution in [0.25, 0.3) is 0 Å². The maximum absolute atomic E-state index is 12.0. The van der Waals surface area contributed by atoms with Gasteiger partial charge in [0.05, 0.1) is 0 Å². The van der Waals surface area contributed by atoms with Gasteiger partial charge in [0.25, 0.3) is 0 Å². The lowest BCUT2D eigenvalue weighted by molar-refractivity contribution is -0.116. The molecule has 0 saturated heterocycles. The summed E-state index contributed by atoms with van der Waals surface area (Å²) in [4.78, 5) is 20.6. The molecule has 146 valence electrons. The first kappa shape index (κ1) is 21.9. The summed E-state index contributed by atoms with van der Waals surface area (Å²) in [6.45, 7) is 11.7. The topological polar surface area (TPSA) is 87.6 Å². The van der Waals surface area contributed by atoms with E-state index >= 15 is 0 Å². The summed E-state index contributed by atoms with van der Waals surface area (Å²) in [6, 6.07) is 3.72. The van der Waals surface area contributed by atoms with Crippen molar-refractivity contribution >= 4 is 17.7 Å². The number of aliphatic imine (C=N–C) groups is 1. The molecular weight excluding hydrogens is 330 g/mol. The van der Waals surface area contributed by atoms with Crippen LogP contribution in [0.4, 0.5) is 5.82 Å². The van der Waals surface area contributed by atoms with Gasteiger partial charge in [-0.3, -0.25) is 9.79 Å². The molecule has 1 amide bonds. The van der Waals surface area contributed by atoms with Crippen LogP contribution >= 0.6 is 0 Å². The zero-order chi connectivity index (χ0) is 19.2. The molecule has 0 aliphatic rings.